The summed E-state index contributed by atoms with van der Waals surface area (Å²) in [5.41, 5.74) is 0. The Bertz CT molecular complexity index is 1340. The van der Waals surface area contributed by atoms with Crippen molar-refractivity contribution in [2.75, 3.05) is 13.2 Å². The number of rotatable bonds is 56. The van der Waals surface area contributed by atoms with E-state index >= 15 is 0 Å². The molecule has 1 atom stereocenters. The molecule has 0 aromatic rings. The van der Waals surface area contributed by atoms with Crippen molar-refractivity contribution in [3.63, 3.8) is 0 Å². The van der Waals surface area contributed by atoms with Crippen LogP contribution < -0.4 is 0 Å². The van der Waals surface area contributed by atoms with E-state index in [9.17, 15) is 14.4 Å². The number of unbranched alkanes of at least 4 members (excludes halogenated alkanes) is 33. The van der Waals surface area contributed by atoms with Gasteiger partial charge in [-0.15, -0.1) is 0 Å². The molecule has 72 heavy (non-hydrogen) atoms. The van der Waals surface area contributed by atoms with Crippen LogP contribution in [0.1, 0.15) is 310 Å². The molecule has 0 saturated carbocycles. The van der Waals surface area contributed by atoms with E-state index in [1.54, 1.807) is 0 Å². The summed E-state index contributed by atoms with van der Waals surface area (Å²) in [6.45, 7) is 6.42. The molecular weight excluding hydrogens is 889 g/mol. The van der Waals surface area contributed by atoms with Crippen LogP contribution in [0.15, 0.2) is 72.9 Å². The minimum atomic E-state index is -0.792. The van der Waals surface area contributed by atoms with E-state index in [0.717, 1.165) is 109 Å². The molecule has 416 valence electrons. The summed E-state index contributed by atoms with van der Waals surface area (Å²) in [7, 11) is 0. The molecule has 0 aliphatic heterocycles. The van der Waals surface area contributed by atoms with Crippen LogP contribution in [0.3, 0.4) is 0 Å². The van der Waals surface area contributed by atoms with Gasteiger partial charge in [0.15, 0.2) is 6.10 Å². The average molecular weight is 1010 g/mol. The number of carbonyl (C=O) groups excluding carboxylic acids is 3. The fraction of sp³-hybridized carbons (Fsp3) is 0.773. The van der Waals surface area contributed by atoms with Crippen molar-refractivity contribution in [2.45, 2.75) is 316 Å². The Labute approximate surface area is 446 Å². The summed E-state index contributed by atoms with van der Waals surface area (Å²) < 4.78 is 16.9. The maximum Gasteiger partial charge on any atom is 0.306 e. The Hall–Kier alpha value is -3.15. The molecular formula is C66H116O6. The van der Waals surface area contributed by atoms with Crippen LogP contribution in [0.5, 0.6) is 0 Å². The lowest BCUT2D eigenvalue weighted by molar-refractivity contribution is -0.167. The standard InChI is InChI=1S/C66H116O6/c1-4-7-10-13-16-19-22-25-27-29-30-31-32-33-34-35-37-38-41-44-47-50-53-56-59-65(68)71-62-63(61-70-64(67)58-55-52-49-46-43-40-24-21-18-15-12-9-6-3)72-66(69)60-57-54-51-48-45-42-39-36-28-26-23-20-17-14-11-8-5-2/h8-9,11-12,17-18,20-21,26,28,40,43,63H,4-7,10,13-16,19,22-25,27,29-39,41-42,44-62H2,1-3H3/b11-8-,12-9-,20-17-,21-18-,28-26-,43-40-. The molecule has 0 radical (unpaired) electrons. The van der Waals surface area contributed by atoms with Crippen LogP contribution in [0.4, 0.5) is 0 Å². The molecule has 1 unspecified atom stereocenters. The molecule has 0 saturated heterocycles. The Morgan fingerprint density at radius 3 is 0.861 bits per heavy atom. The van der Waals surface area contributed by atoms with Gasteiger partial charge in [-0.2, -0.15) is 0 Å². The molecule has 0 bridgehead atoms. The minimum absolute atomic E-state index is 0.0866. The minimum Gasteiger partial charge on any atom is -0.462 e. The molecule has 0 heterocycles. The monoisotopic (exact) mass is 1000 g/mol. The van der Waals surface area contributed by atoms with Gasteiger partial charge >= 0.3 is 17.9 Å². The smallest absolute Gasteiger partial charge is 0.306 e. The van der Waals surface area contributed by atoms with Gasteiger partial charge in [0, 0.05) is 19.3 Å². The van der Waals surface area contributed by atoms with Crippen LogP contribution in [-0.4, -0.2) is 37.2 Å². The molecule has 0 amide bonds. The predicted molar refractivity (Wildman–Crippen MR) is 311 cm³/mol. The quantitative estimate of drug-likeness (QED) is 0.0261. The molecule has 0 rings (SSSR count). The summed E-state index contributed by atoms with van der Waals surface area (Å²) >= 11 is 0. The lowest BCUT2D eigenvalue weighted by Gasteiger charge is -2.18. The van der Waals surface area contributed by atoms with Gasteiger partial charge in [-0.3, -0.25) is 14.4 Å². The second-order valence-corrected chi connectivity index (χ2v) is 20.6. The van der Waals surface area contributed by atoms with Crippen molar-refractivity contribution in [1.82, 2.24) is 0 Å². The number of carbonyl (C=O) groups is 3. The lowest BCUT2D eigenvalue weighted by atomic mass is 10.0. The molecule has 0 aliphatic carbocycles. The first-order chi connectivity index (χ1) is 35.5. The number of allylic oxidation sites excluding steroid dienone is 12. The van der Waals surface area contributed by atoms with Gasteiger partial charge in [0.05, 0.1) is 0 Å². The van der Waals surface area contributed by atoms with Gasteiger partial charge in [-0.1, -0.05) is 280 Å². The van der Waals surface area contributed by atoms with Crippen LogP contribution in [0, 0.1) is 0 Å². The van der Waals surface area contributed by atoms with E-state index in [2.05, 4.69) is 93.7 Å². The van der Waals surface area contributed by atoms with Gasteiger partial charge in [0.25, 0.3) is 0 Å². The summed E-state index contributed by atoms with van der Waals surface area (Å²) in [6, 6.07) is 0. The maximum absolute atomic E-state index is 12.9. The Kier molecular flexibility index (Phi) is 57.8. The highest BCUT2D eigenvalue weighted by Gasteiger charge is 2.19. The predicted octanol–water partition coefficient (Wildman–Crippen LogP) is 20.9. The summed E-state index contributed by atoms with van der Waals surface area (Å²) in [5.74, 6) is -0.915. The van der Waals surface area contributed by atoms with Crippen LogP contribution in [0.25, 0.3) is 0 Å². The highest BCUT2D eigenvalue weighted by molar-refractivity contribution is 5.71. The fourth-order valence-electron chi connectivity index (χ4n) is 8.89. The molecule has 0 fully saturated rings. The third kappa shape index (κ3) is 57.7. The number of esters is 3. The first kappa shape index (κ1) is 68.8. The zero-order chi connectivity index (χ0) is 52.2. The molecule has 6 heteroatoms. The van der Waals surface area contributed by atoms with Gasteiger partial charge in [-0.05, 0) is 83.5 Å². The summed E-state index contributed by atoms with van der Waals surface area (Å²) in [6.07, 6.45) is 77.7. The number of ether oxygens (including phenoxy) is 3. The Morgan fingerprint density at radius 1 is 0.292 bits per heavy atom. The van der Waals surface area contributed by atoms with Crippen molar-refractivity contribution in [1.29, 1.82) is 0 Å². The molecule has 6 nitrogen and oxygen atoms in total. The second kappa shape index (κ2) is 60.4. The van der Waals surface area contributed by atoms with E-state index in [4.69, 9.17) is 14.2 Å². The lowest BCUT2D eigenvalue weighted by Crippen LogP contribution is -2.30. The third-order valence-corrected chi connectivity index (χ3v) is 13.5. The number of hydrogen-bond acceptors (Lipinski definition) is 6. The van der Waals surface area contributed by atoms with Crippen molar-refractivity contribution in [3.05, 3.63) is 72.9 Å². The number of hydrogen-bond donors (Lipinski definition) is 0. The van der Waals surface area contributed by atoms with Crippen LogP contribution in [-0.2, 0) is 28.6 Å². The van der Waals surface area contributed by atoms with Crippen LogP contribution >= 0.6 is 0 Å². The highest BCUT2D eigenvalue weighted by atomic mass is 16.6. The molecule has 0 aromatic carbocycles. The molecule has 0 spiro atoms. The van der Waals surface area contributed by atoms with Crippen molar-refractivity contribution in [2.24, 2.45) is 0 Å². The SMILES string of the molecule is CC/C=C\C/C=C\C/C=C\CCCCCCCCCC(=O)OC(COC(=O)CCCCC/C=C\C/C=C\C/C=C\CC)COC(=O)CCCCCCCCCCCCCCCCCCCCCCCCCC. The summed E-state index contributed by atoms with van der Waals surface area (Å²) in [4.78, 5) is 38.2. The van der Waals surface area contributed by atoms with Gasteiger partial charge < -0.3 is 14.2 Å². The first-order valence-electron chi connectivity index (χ1n) is 30.9. The van der Waals surface area contributed by atoms with Gasteiger partial charge in [0.2, 0.25) is 0 Å². The van der Waals surface area contributed by atoms with E-state index < -0.39 is 6.10 Å². The Morgan fingerprint density at radius 2 is 0.542 bits per heavy atom. The zero-order valence-electron chi connectivity index (χ0n) is 47.7. The van der Waals surface area contributed by atoms with E-state index in [-0.39, 0.29) is 31.1 Å². The second-order valence-electron chi connectivity index (χ2n) is 20.6. The zero-order valence-corrected chi connectivity index (χ0v) is 47.7. The molecule has 0 N–H and O–H groups in total. The third-order valence-electron chi connectivity index (χ3n) is 13.5. The van der Waals surface area contributed by atoms with Crippen molar-refractivity contribution in [3.8, 4) is 0 Å². The van der Waals surface area contributed by atoms with Crippen molar-refractivity contribution < 1.29 is 28.6 Å². The maximum atomic E-state index is 12.9. The van der Waals surface area contributed by atoms with Crippen molar-refractivity contribution >= 4 is 17.9 Å². The fourth-order valence-corrected chi connectivity index (χ4v) is 8.89. The van der Waals surface area contributed by atoms with E-state index in [1.807, 2.05) is 0 Å². The van der Waals surface area contributed by atoms with E-state index in [1.165, 1.54) is 161 Å². The van der Waals surface area contributed by atoms with Gasteiger partial charge in [-0.25, -0.2) is 0 Å². The topological polar surface area (TPSA) is 78.9 Å². The highest BCUT2D eigenvalue weighted by Crippen LogP contribution is 2.17. The summed E-state index contributed by atoms with van der Waals surface area (Å²) in [5, 5.41) is 0. The molecule has 0 aliphatic rings. The van der Waals surface area contributed by atoms with E-state index in [0.29, 0.717) is 19.3 Å². The molecule has 0 aromatic heterocycles. The first-order valence-corrected chi connectivity index (χ1v) is 30.9. The normalized spacial score (nSPS) is 12.5. The van der Waals surface area contributed by atoms with Crippen LogP contribution in [0.2, 0.25) is 0 Å². The largest absolute Gasteiger partial charge is 0.462 e. The van der Waals surface area contributed by atoms with Gasteiger partial charge in [0.1, 0.15) is 13.2 Å². The average Bonchev–Trinajstić information content (AvgIpc) is 3.38. The Balaban J connectivity index is 4.29.